The van der Waals surface area contributed by atoms with Crippen molar-refractivity contribution < 1.29 is 17.8 Å². The Morgan fingerprint density at radius 2 is 1.87 bits per heavy atom. The molecule has 0 aromatic carbocycles. The summed E-state index contributed by atoms with van der Waals surface area (Å²) in [5, 5.41) is 0. The number of carbonyl (C=O) groups excluding carboxylic acids is 1. The van der Waals surface area contributed by atoms with E-state index in [1.807, 2.05) is 13.8 Å². The van der Waals surface area contributed by atoms with Gasteiger partial charge in [0.2, 0.25) is 0 Å². The van der Waals surface area contributed by atoms with Crippen molar-refractivity contribution in [1.29, 1.82) is 0 Å². The van der Waals surface area contributed by atoms with Crippen LogP contribution >= 0.6 is 0 Å². The SMILES string of the molecule is CC(C)[C@H](N)C(=O)CCCCS(=O)(=O)O. The molecule has 0 fully saturated rings. The third kappa shape index (κ3) is 7.47. The van der Waals surface area contributed by atoms with Crippen molar-refractivity contribution >= 4 is 15.9 Å². The number of hydrogen-bond donors (Lipinski definition) is 2. The largest absolute Gasteiger partial charge is 0.321 e. The number of ketones is 1. The molecule has 0 aliphatic carbocycles. The second-order valence-corrected chi connectivity index (χ2v) is 5.55. The maximum absolute atomic E-state index is 11.4. The van der Waals surface area contributed by atoms with E-state index in [1.54, 1.807) is 0 Å². The Morgan fingerprint density at radius 3 is 2.27 bits per heavy atom. The maximum atomic E-state index is 11.4. The molecule has 0 amide bonds. The number of nitrogens with two attached hydrogens (primary N) is 1. The minimum absolute atomic E-state index is 0.0552. The van der Waals surface area contributed by atoms with Gasteiger partial charge in [0.25, 0.3) is 10.1 Å². The minimum atomic E-state index is -3.90. The van der Waals surface area contributed by atoms with Crippen molar-refractivity contribution in [1.82, 2.24) is 0 Å². The smallest absolute Gasteiger partial charge is 0.264 e. The fraction of sp³-hybridized carbons (Fsp3) is 0.889. The number of carbonyl (C=O) groups is 1. The van der Waals surface area contributed by atoms with Gasteiger partial charge >= 0.3 is 0 Å². The number of rotatable bonds is 7. The van der Waals surface area contributed by atoms with Gasteiger partial charge in [-0.1, -0.05) is 13.8 Å². The van der Waals surface area contributed by atoms with Gasteiger partial charge in [-0.25, -0.2) is 0 Å². The van der Waals surface area contributed by atoms with Crippen LogP contribution in [-0.4, -0.2) is 30.5 Å². The van der Waals surface area contributed by atoms with Crippen LogP contribution in [0.2, 0.25) is 0 Å². The van der Waals surface area contributed by atoms with Gasteiger partial charge < -0.3 is 5.73 Å². The molecule has 0 spiro atoms. The summed E-state index contributed by atoms with van der Waals surface area (Å²) in [6, 6.07) is -0.476. The van der Waals surface area contributed by atoms with Crippen LogP contribution in [0.3, 0.4) is 0 Å². The first-order chi connectivity index (χ1) is 6.74. The molecule has 5 nitrogen and oxygen atoms in total. The molecule has 0 radical (unpaired) electrons. The van der Waals surface area contributed by atoms with Crippen LogP contribution in [0.4, 0.5) is 0 Å². The van der Waals surface area contributed by atoms with Crippen molar-refractivity contribution in [3.8, 4) is 0 Å². The third-order valence-corrected chi connectivity index (χ3v) is 2.97. The van der Waals surface area contributed by atoms with E-state index in [2.05, 4.69) is 0 Å². The summed E-state index contributed by atoms with van der Waals surface area (Å²) in [6.45, 7) is 3.72. The van der Waals surface area contributed by atoms with E-state index in [4.69, 9.17) is 10.3 Å². The maximum Gasteiger partial charge on any atom is 0.264 e. The van der Waals surface area contributed by atoms with Gasteiger partial charge in [0.1, 0.15) is 5.78 Å². The number of Topliss-reactive ketones (excluding diaryl/α,β-unsaturated/α-hetero) is 1. The Bertz CT molecular complexity index is 297. The fourth-order valence-corrected chi connectivity index (χ4v) is 1.69. The lowest BCUT2D eigenvalue weighted by atomic mass is 9.98. The summed E-state index contributed by atoms with van der Waals surface area (Å²) in [4.78, 5) is 11.4. The van der Waals surface area contributed by atoms with Gasteiger partial charge in [-0.3, -0.25) is 9.35 Å². The molecule has 0 aliphatic rings. The van der Waals surface area contributed by atoms with Gasteiger partial charge in [-0.05, 0) is 18.8 Å². The highest BCUT2D eigenvalue weighted by molar-refractivity contribution is 7.85. The molecule has 1 atom stereocenters. The zero-order chi connectivity index (χ0) is 12.1. The summed E-state index contributed by atoms with van der Waals surface area (Å²) in [6.07, 6.45) is 1.00. The molecule has 0 aliphatic heterocycles. The summed E-state index contributed by atoms with van der Waals surface area (Å²) < 4.78 is 29.2. The van der Waals surface area contributed by atoms with Gasteiger partial charge in [-0.15, -0.1) is 0 Å². The van der Waals surface area contributed by atoms with E-state index in [1.165, 1.54) is 0 Å². The van der Waals surface area contributed by atoms with Crippen LogP contribution in [0.15, 0.2) is 0 Å². The first kappa shape index (κ1) is 14.5. The van der Waals surface area contributed by atoms with Crippen molar-refractivity contribution in [2.24, 2.45) is 11.7 Å². The van der Waals surface area contributed by atoms with E-state index in [9.17, 15) is 13.2 Å². The van der Waals surface area contributed by atoms with Crippen molar-refractivity contribution in [2.45, 2.75) is 39.2 Å². The van der Waals surface area contributed by atoms with Crippen LogP contribution in [0.25, 0.3) is 0 Å². The molecular formula is C9H19NO4S. The standard InChI is InChI=1S/C9H19NO4S/c1-7(2)9(10)8(11)5-3-4-6-15(12,13)14/h7,9H,3-6,10H2,1-2H3,(H,12,13,14)/t9-/m0/s1. The zero-order valence-electron chi connectivity index (χ0n) is 9.14. The average Bonchev–Trinajstić information content (AvgIpc) is 2.09. The first-order valence-corrected chi connectivity index (χ1v) is 6.58. The van der Waals surface area contributed by atoms with Gasteiger partial charge in [0.05, 0.1) is 11.8 Å². The van der Waals surface area contributed by atoms with E-state index >= 15 is 0 Å². The minimum Gasteiger partial charge on any atom is -0.321 e. The second-order valence-electron chi connectivity index (χ2n) is 3.98. The quantitative estimate of drug-likeness (QED) is 0.499. The molecule has 0 saturated carbocycles. The molecule has 0 rings (SSSR count). The lowest BCUT2D eigenvalue weighted by molar-refractivity contribution is -0.121. The Kier molecular flexibility index (Phi) is 6.00. The lowest BCUT2D eigenvalue weighted by Crippen LogP contribution is -2.35. The molecule has 0 aromatic heterocycles. The average molecular weight is 237 g/mol. The van der Waals surface area contributed by atoms with Crippen LogP contribution < -0.4 is 5.73 Å². The predicted octanol–water partition coefficient (Wildman–Crippen LogP) is 0.597. The van der Waals surface area contributed by atoms with E-state index in [0.29, 0.717) is 6.42 Å². The molecule has 6 heteroatoms. The Labute approximate surface area is 90.8 Å². The van der Waals surface area contributed by atoms with Crippen molar-refractivity contribution in [3.05, 3.63) is 0 Å². The van der Waals surface area contributed by atoms with Crippen LogP contribution in [0, 0.1) is 5.92 Å². The topological polar surface area (TPSA) is 97.5 Å². The summed E-state index contributed by atoms with van der Waals surface area (Å²) in [7, 11) is -3.90. The molecule has 0 aromatic rings. The summed E-state index contributed by atoms with van der Waals surface area (Å²) in [5.74, 6) is -0.253. The van der Waals surface area contributed by atoms with Crippen molar-refractivity contribution in [3.63, 3.8) is 0 Å². The Balaban J connectivity index is 3.74. The third-order valence-electron chi connectivity index (χ3n) is 2.17. The molecule has 0 heterocycles. The summed E-state index contributed by atoms with van der Waals surface area (Å²) >= 11 is 0. The molecular weight excluding hydrogens is 218 g/mol. The highest BCUT2D eigenvalue weighted by Crippen LogP contribution is 2.06. The predicted molar refractivity (Wildman–Crippen MR) is 58.1 cm³/mol. The Hall–Kier alpha value is -0.460. The lowest BCUT2D eigenvalue weighted by Gasteiger charge is -2.13. The normalized spacial score (nSPS) is 14.2. The molecule has 90 valence electrons. The monoisotopic (exact) mass is 237 g/mol. The second kappa shape index (κ2) is 6.19. The Morgan fingerprint density at radius 1 is 1.33 bits per heavy atom. The molecule has 3 N–H and O–H groups in total. The van der Waals surface area contributed by atoms with Gasteiger partial charge in [-0.2, -0.15) is 8.42 Å². The van der Waals surface area contributed by atoms with E-state index < -0.39 is 16.2 Å². The van der Waals surface area contributed by atoms with Crippen LogP contribution in [0.1, 0.15) is 33.1 Å². The molecule has 15 heavy (non-hydrogen) atoms. The van der Waals surface area contributed by atoms with Crippen molar-refractivity contribution in [2.75, 3.05) is 5.75 Å². The summed E-state index contributed by atoms with van der Waals surface area (Å²) in [5.41, 5.74) is 5.61. The molecule has 0 bridgehead atoms. The molecule has 0 unspecified atom stereocenters. The highest BCUT2D eigenvalue weighted by Gasteiger charge is 2.16. The number of unbranched alkanes of at least 4 members (excludes halogenated alkanes) is 1. The van der Waals surface area contributed by atoms with Gasteiger partial charge in [0, 0.05) is 6.42 Å². The van der Waals surface area contributed by atoms with E-state index in [0.717, 1.165) is 0 Å². The molecule has 0 saturated heterocycles. The first-order valence-electron chi connectivity index (χ1n) is 4.97. The highest BCUT2D eigenvalue weighted by atomic mass is 32.2. The van der Waals surface area contributed by atoms with Crippen LogP contribution in [-0.2, 0) is 14.9 Å². The fourth-order valence-electron chi connectivity index (χ4n) is 1.12. The number of hydrogen-bond acceptors (Lipinski definition) is 4. The van der Waals surface area contributed by atoms with E-state index in [-0.39, 0.29) is 30.3 Å². The van der Waals surface area contributed by atoms with Gasteiger partial charge in [0.15, 0.2) is 0 Å². The van der Waals surface area contributed by atoms with Crippen LogP contribution in [0.5, 0.6) is 0 Å². The zero-order valence-corrected chi connectivity index (χ0v) is 9.96.